The van der Waals surface area contributed by atoms with Crippen molar-refractivity contribution in [2.24, 2.45) is 4.99 Å². The van der Waals surface area contributed by atoms with Gasteiger partial charge in [0, 0.05) is 27.7 Å². The van der Waals surface area contributed by atoms with E-state index in [9.17, 15) is 4.79 Å². The summed E-state index contributed by atoms with van der Waals surface area (Å²) in [5, 5.41) is 19.3. The second kappa shape index (κ2) is 6.71. The number of hydrogen-bond acceptors (Lipinski definition) is 5. The summed E-state index contributed by atoms with van der Waals surface area (Å²) >= 11 is 10.1. The SMILES string of the molecule is CC(CC1=NCCN1)(NC(=S)NC(=O)O)c1cc(Br)cs1. The number of halogens is 1. The number of carbonyl (C=O) groups is 1. The molecule has 1 aliphatic rings. The maximum absolute atomic E-state index is 10.7. The number of thiocarbonyl (C=S) groups is 1. The van der Waals surface area contributed by atoms with Crippen LogP contribution in [-0.2, 0) is 5.54 Å². The summed E-state index contributed by atoms with van der Waals surface area (Å²) < 4.78 is 0.981. The fourth-order valence-corrected chi connectivity index (χ4v) is 3.93. The molecule has 0 bridgehead atoms. The lowest BCUT2D eigenvalue weighted by Gasteiger charge is -2.31. The van der Waals surface area contributed by atoms with Crippen molar-refractivity contribution in [1.82, 2.24) is 16.0 Å². The van der Waals surface area contributed by atoms with Crippen LogP contribution >= 0.6 is 39.5 Å². The van der Waals surface area contributed by atoms with Gasteiger partial charge in [-0.05, 0) is 41.1 Å². The summed E-state index contributed by atoms with van der Waals surface area (Å²) in [6.07, 6.45) is -0.583. The van der Waals surface area contributed by atoms with E-state index < -0.39 is 11.6 Å². The molecule has 0 radical (unpaired) electrons. The van der Waals surface area contributed by atoms with E-state index >= 15 is 0 Å². The molecule has 0 fully saturated rings. The Hall–Kier alpha value is -1.19. The molecule has 0 spiro atoms. The smallest absolute Gasteiger partial charge is 0.410 e. The Bertz CT molecular complexity index is 590. The number of nitrogens with one attached hydrogen (secondary N) is 3. The number of aliphatic imine (C=N–C) groups is 1. The van der Waals surface area contributed by atoms with Crippen LogP contribution in [0, 0.1) is 0 Å². The predicted molar refractivity (Wildman–Crippen MR) is 91.2 cm³/mol. The van der Waals surface area contributed by atoms with Gasteiger partial charge in [-0.25, -0.2) is 4.79 Å². The maximum atomic E-state index is 10.7. The van der Waals surface area contributed by atoms with E-state index in [4.69, 9.17) is 17.3 Å². The third-order valence-corrected chi connectivity index (χ3v) is 5.14. The van der Waals surface area contributed by atoms with Gasteiger partial charge in [0.05, 0.1) is 17.9 Å². The monoisotopic (exact) mass is 390 g/mol. The summed E-state index contributed by atoms with van der Waals surface area (Å²) in [6.45, 7) is 3.57. The molecule has 1 unspecified atom stereocenters. The Balaban J connectivity index is 2.20. The molecule has 21 heavy (non-hydrogen) atoms. The molecule has 2 rings (SSSR count). The van der Waals surface area contributed by atoms with Gasteiger partial charge in [0.2, 0.25) is 0 Å². The molecule has 4 N–H and O–H groups in total. The molecule has 0 saturated heterocycles. The molecule has 2 heterocycles. The molecule has 1 aromatic heterocycles. The van der Waals surface area contributed by atoms with E-state index in [1.165, 1.54) is 0 Å². The molecule has 6 nitrogen and oxygen atoms in total. The highest BCUT2D eigenvalue weighted by molar-refractivity contribution is 9.10. The highest BCUT2D eigenvalue weighted by Crippen LogP contribution is 2.33. The largest absolute Gasteiger partial charge is 0.465 e. The summed E-state index contributed by atoms with van der Waals surface area (Å²) in [4.78, 5) is 16.1. The molecular weight excluding hydrogens is 376 g/mol. The molecule has 0 saturated carbocycles. The fraction of sp³-hybridized carbons (Fsp3) is 0.417. The zero-order valence-corrected chi connectivity index (χ0v) is 14.5. The molecule has 9 heteroatoms. The van der Waals surface area contributed by atoms with Gasteiger partial charge < -0.3 is 15.7 Å². The van der Waals surface area contributed by atoms with E-state index in [1.807, 2.05) is 18.4 Å². The number of thiophene rings is 1. The van der Waals surface area contributed by atoms with Gasteiger partial charge in [0.25, 0.3) is 0 Å². The van der Waals surface area contributed by atoms with Gasteiger partial charge in [-0.1, -0.05) is 0 Å². The van der Waals surface area contributed by atoms with E-state index in [0.29, 0.717) is 6.42 Å². The minimum atomic E-state index is -1.18. The lowest BCUT2D eigenvalue weighted by molar-refractivity contribution is 0.200. The Morgan fingerprint density at radius 2 is 2.48 bits per heavy atom. The molecule has 114 valence electrons. The van der Waals surface area contributed by atoms with Crippen molar-refractivity contribution in [3.63, 3.8) is 0 Å². The van der Waals surface area contributed by atoms with Gasteiger partial charge in [-0.3, -0.25) is 10.3 Å². The lowest BCUT2D eigenvalue weighted by Crippen LogP contribution is -2.50. The standard InChI is InChI=1S/C12H15BrN4O2S2/c1-12(5-9-14-2-3-15-9,8-4-7(13)6-21-8)17-10(20)16-11(18)19/h4,6H,2-3,5H2,1H3,(H,14,15)(H,18,19)(H2,16,17,20). The second-order valence-corrected chi connectivity index (χ2v) is 7.01. The van der Waals surface area contributed by atoms with Crippen LogP contribution in [0.3, 0.4) is 0 Å². The van der Waals surface area contributed by atoms with Crippen LogP contribution in [0.2, 0.25) is 0 Å². The molecule has 1 atom stereocenters. The average molecular weight is 391 g/mol. The third kappa shape index (κ3) is 4.39. The third-order valence-electron chi connectivity index (χ3n) is 2.99. The summed E-state index contributed by atoms with van der Waals surface area (Å²) in [5.74, 6) is 0.896. The van der Waals surface area contributed by atoms with Crippen LogP contribution in [0.5, 0.6) is 0 Å². The van der Waals surface area contributed by atoms with Crippen molar-refractivity contribution >= 4 is 56.5 Å². The van der Waals surface area contributed by atoms with Crippen molar-refractivity contribution in [1.29, 1.82) is 0 Å². The number of carboxylic acid groups (broad SMARTS) is 1. The fourth-order valence-electron chi connectivity index (χ4n) is 2.07. The Morgan fingerprint density at radius 1 is 1.71 bits per heavy atom. The minimum absolute atomic E-state index is 0.0770. The van der Waals surface area contributed by atoms with Gasteiger partial charge in [-0.15, -0.1) is 11.3 Å². The van der Waals surface area contributed by atoms with Gasteiger partial charge >= 0.3 is 6.09 Å². The minimum Gasteiger partial charge on any atom is -0.465 e. The maximum Gasteiger partial charge on any atom is 0.410 e. The van der Waals surface area contributed by atoms with Crippen LogP contribution in [0.4, 0.5) is 4.79 Å². The van der Waals surface area contributed by atoms with E-state index in [2.05, 4.69) is 36.9 Å². The zero-order chi connectivity index (χ0) is 15.5. The first-order chi connectivity index (χ1) is 9.89. The van der Waals surface area contributed by atoms with Crippen LogP contribution in [0.1, 0.15) is 18.2 Å². The first-order valence-corrected chi connectivity index (χ1v) is 8.31. The van der Waals surface area contributed by atoms with Gasteiger partial charge in [0.1, 0.15) is 0 Å². The summed E-state index contributed by atoms with van der Waals surface area (Å²) in [7, 11) is 0. The highest BCUT2D eigenvalue weighted by Gasteiger charge is 2.32. The predicted octanol–water partition coefficient (Wildman–Crippen LogP) is 2.26. The van der Waals surface area contributed by atoms with Crippen LogP contribution in [-0.4, -0.2) is 35.2 Å². The molecule has 1 aromatic rings. The molecule has 0 aromatic carbocycles. The zero-order valence-electron chi connectivity index (χ0n) is 11.3. The number of amidine groups is 1. The highest BCUT2D eigenvalue weighted by atomic mass is 79.9. The summed E-state index contributed by atoms with van der Waals surface area (Å²) in [5.41, 5.74) is -0.535. The van der Waals surface area contributed by atoms with Crippen LogP contribution in [0.25, 0.3) is 0 Å². The average Bonchev–Trinajstić information content (AvgIpc) is 2.99. The first kappa shape index (κ1) is 16.2. The number of rotatable bonds is 4. The van der Waals surface area contributed by atoms with Crippen LogP contribution in [0.15, 0.2) is 20.9 Å². The normalized spacial score (nSPS) is 16.6. The van der Waals surface area contributed by atoms with E-state index in [1.54, 1.807) is 11.3 Å². The molecule has 1 aliphatic heterocycles. The van der Waals surface area contributed by atoms with Crippen molar-refractivity contribution in [3.8, 4) is 0 Å². The molecule has 1 amide bonds. The number of amides is 1. The number of hydrogen-bond donors (Lipinski definition) is 4. The van der Waals surface area contributed by atoms with E-state index in [-0.39, 0.29) is 5.11 Å². The van der Waals surface area contributed by atoms with Crippen molar-refractivity contribution in [2.75, 3.05) is 13.1 Å². The number of nitrogens with zero attached hydrogens (tertiary/aromatic N) is 1. The Morgan fingerprint density at radius 3 is 3.00 bits per heavy atom. The quantitative estimate of drug-likeness (QED) is 0.592. The van der Waals surface area contributed by atoms with Crippen molar-refractivity contribution < 1.29 is 9.90 Å². The molecule has 0 aliphatic carbocycles. The Labute approximate surface area is 140 Å². The molecular formula is C12H15BrN4O2S2. The van der Waals surface area contributed by atoms with Gasteiger partial charge in [0.15, 0.2) is 5.11 Å². The van der Waals surface area contributed by atoms with Crippen molar-refractivity contribution in [3.05, 3.63) is 20.8 Å². The first-order valence-electron chi connectivity index (χ1n) is 6.23. The topological polar surface area (TPSA) is 85.8 Å². The van der Waals surface area contributed by atoms with Crippen LogP contribution < -0.4 is 16.0 Å². The second-order valence-electron chi connectivity index (χ2n) is 4.78. The summed E-state index contributed by atoms with van der Waals surface area (Å²) in [6, 6.07) is 2.00. The van der Waals surface area contributed by atoms with E-state index in [0.717, 1.165) is 28.3 Å². The van der Waals surface area contributed by atoms with Crippen molar-refractivity contribution in [2.45, 2.75) is 18.9 Å². The lowest BCUT2D eigenvalue weighted by atomic mass is 9.95. The van der Waals surface area contributed by atoms with Gasteiger partial charge in [-0.2, -0.15) is 0 Å². The Kier molecular flexibility index (Phi) is 5.17.